The minimum Gasteiger partial charge on any atom is -0.297 e. The molecule has 2 rings (SSSR count). The summed E-state index contributed by atoms with van der Waals surface area (Å²) in [5.41, 5.74) is -0.216. The third-order valence-corrected chi connectivity index (χ3v) is 3.96. The molecule has 17 heavy (non-hydrogen) atoms. The molecule has 1 aromatic heterocycles. The highest BCUT2D eigenvalue weighted by Gasteiger charge is 2.23. The Labute approximate surface area is 105 Å². The van der Waals surface area contributed by atoms with Crippen LogP contribution in [0.3, 0.4) is 0 Å². The minimum atomic E-state index is -0.385. The van der Waals surface area contributed by atoms with Crippen molar-refractivity contribution < 1.29 is 0 Å². The quantitative estimate of drug-likeness (QED) is 0.784. The first kappa shape index (κ1) is 12.4. The van der Waals surface area contributed by atoms with Crippen molar-refractivity contribution in [3.63, 3.8) is 0 Å². The van der Waals surface area contributed by atoms with Gasteiger partial charge in [-0.15, -0.1) is 0 Å². The van der Waals surface area contributed by atoms with Crippen LogP contribution in [0.4, 0.5) is 0 Å². The molecule has 5 heteroatoms. The topological polar surface area (TPSA) is 54.9 Å². The highest BCUT2D eigenvalue weighted by atomic mass is 35.5. The fourth-order valence-electron chi connectivity index (χ4n) is 2.58. The molecule has 1 aliphatic carbocycles. The van der Waals surface area contributed by atoms with Gasteiger partial charge in [0, 0.05) is 11.6 Å². The van der Waals surface area contributed by atoms with Gasteiger partial charge in [-0.3, -0.25) is 14.3 Å². The molecular formula is C12H17ClN2O2. The summed E-state index contributed by atoms with van der Waals surface area (Å²) in [6, 6.07) is 0.0194. The molecule has 0 amide bonds. The van der Waals surface area contributed by atoms with Crippen LogP contribution in [0.5, 0.6) is 0 Å². The number of H-pyrrole nitrogens is 1. The molecule has 1 heterocycles. The second kappa shape index (κ2) is 4.69. The van der Waals surface area contributed by atoms with Crippen molar-refractivity contribution in [2.24, 2.45) is 5.92 Å². The van der Waals surface area contributed by atoms with E-state index in [2.05, 4.69) is 11.9 Å². The fraction of sp³-hybridized carbons (Fsp3) is 0.667. The Kier molecular flexibility index (Phi) is 3.43. The summed E-state index contributed by atoms with van der Waals surface area (Å²) < 4.78 is 1.34. The number of rotatable bonds is 1. The average Bonchev–Trinajstić information content (AvgIpc) is 2.26. The van der Waals surface area contributed by atoms with E-state index in [1.54, 1.807) is 6.92 Å². The van der Waals surface area contributed by atoms with E-state index in [0.717, 1.165) is 19.3 Å². The van der Waals surface area contributed by atoms with Crippen molar-refractivity contribution in [1.29, 1.82) is 0 Å². The molecule has 0 radical (unpaired) electrons. The smallest absolute Gasteiger partial charge is 0.297 e. The van der Waals surface area contributed by atoms with Gasteiger partial charge in [-0.1, -0.05) is 31.4 Å². The summed E-state index contributed by atoms with van der Waals surface area (Å²) in [6.07, 6.45) is 4.04. The number of aromatic amines is 1. The number of hydrogen-bond donors (Lipinski definition) is 1. The zero-order valence-corrected chi connectivity index (χ0v) is 10.9. The molecule has 2 atom stereocenters. The van der Waals surface area contributed by atoms with E-state index in [0.29, 0.717) is 11.5 Å². The summed E-state index contributed by atoms with van der Waals surface area (Å²) >= 11 is 5.79. The van der Waals surface area contributed by atoms with Gasteiger partial charge in [-0.05, 0) is 25.7 Å². The van der Waals surface area contributed by atoms with E-state index < -0.39 is 0 Å². The lowest BCUT2D eigenvalue weighted by Crippen LogP contribution is -2.40. The van der Waals surface area contributed by atoms with Crippen LogP contribution in [0.15, 0.2) is 9.59 Å². The number of nitrogens with zero attached hydrogens (tertiary/aromatic N) is 1. The highest BCUT2D eigenvalue weighted by molar-refractivity contribution is 6.30. The molecule has 1 saturated carbocycles. The predicted molar refractivity (Wildman–Crippen MR) is 67.7 cm³/mol. The highest BCUT2D eigenvalue weighted by Crippen LogP contribution is 2.30. The van der Waals surface area contributed by atoms with E-state index in [9.17, 15) is 9.59 Å². The molecule has 1 N–H and O–H groups in total. The van der Waals surface area contributed by atoms with Gasteiger partial charge in [0.05, 0.1) is 0 Å². The van der Waals surface area contributed by atoms with Crippen molar-refractivity contribution >= 4 is 11.6 Å². The third-order valence-electron chi connectivity index (χ3n) is 3.58. The summed E-state index contributed by atoms with van der Waals surface area (Å²) in [6.45, 7) is 3.80. The van der Waals surface area contributed by atoms with E-state index in [4.69, 9.17) is 11.6 Å². The van der Waals surface area contributed by atoms with Crippen LogP contribution in [0.1, 0.15) is 44.2 Å². The molecule has 0 saturated heterocycles. The molecule has 0 aromatic carbocycles. The van der Waals surface area contributed by atoms with Gasteiger partial charge in [0.15, 0.2) is 0 Å². The number of aromatic nitrogens is 2. The van der Waals surface area contributed by atoms with Crippen LogP contribution in [0.25, 0.3) is 0 Å². The zero-order valence-electron chi connectivity index (χ0n) is 10.1. The Morgan fingerprint density at radius 3 is 2.71 bits per heavy atom. The van der Waals surface area contributed by atoms with E-state index >= 15 is 0 Å². The van der Waals surface area contributed by atoms with Crippen molar-refractivity contribution in [2.45, 2.75) is 45.6 Å². The number of hydrogen-bond acceptors (Lipinski definition) is 2. The van der Waals surface area contributed by atoms with Crippen LogP contribution in [0.2, 0.25) is 5.15 Å². The molecule has 1 aromatic rings. The second-order valence-corrected chi connectivity index (χ2v) is 5.35. The largest absolute Gasteiger partial charge is 0.329 e. The monoisotopic (exact) mass is 256 g/mol. The van der Waals surface area contributed by atoms with Gasteiger partial charge in [0.2, 0.25) is 0 Å². The fourth-order valence-corrected chi connectivity index (χ4v) is 2.74. The Bertz CT molecular complexity index is 532. The Morgan fingerprint density at radius 1 is 1.35 bits per heavy atom. The summed E-state index contributed by atoms with van der Waals surface area (Å²) in [5, 5.41) is 0.153. The van der Waals surface area contributed by atoms with E-state index in [1.165, 1.54) is 11.0 Å². The molecule has 1 fully saturated rings. The first-order chi connectivity index (χ1) is 8.00. The lowest BCUT2D eigenvalue weighted by molar-refractivity contribution is 0.271. The van der Waals surface area contributed by atoms with Crippen molar-refractivity contribution in [3.8, 4) is 0 Å². The molecule has 0 bridgehead atoms. The van der Waals surface area contributed by atoms with Crippen LogP contribution >= 0.6 is 11.6 Å². The van der Waals surface area contributed by atoms with Crippen molar-refractivity contribution in [2.75, 3.05) is 0 Å². The zero-order chi connectivity index (χ0) is 12.6. The summed E-state index contributed by atoms with van der Waals surface area (Å²) in [7, 11) is 0. The number of halogens is 1. The summed E-state index contributed by atoms with van der Waals surface area (Å²) in [4.78, 5) is 26.4. The maximum atomic E-state index is 12.1. The van der Waals surface area contributed by atoms with Crippen LogP contribution in [-0.4, -0.2) is 9.55 Å². The maximum absolute atomic E-state index is 12.1. The maximum Gasteiger partial charge on any atom is 0.329 e. The molecule has 4 nitrogen and oxygen atoms in total. The van der Waals surface area contributed by atoms with Gasteiger partial charge in [-0.25, -0.2) is 4.79 Å². The molecule has 2 unspecified atom stereocenters. The normalized spacial score (nSPS) is 24.9. The average molecular weight is 257 g/mol. The van der Waals surface area contributed by atoms with Crippen LogP contribution in [0, 0.1) is 12.8 Å². The Balaban J connectivity index is 2.49. The van der Waals surface area contributed by atoms with Crippen molar-refractivity contribution in [3.05, 3.63) is 31.6 Å². The van der Waals surface area contributed by atoms with E-state index in [-0.39, 0.29) is 22.4 Å². The lowest BCUT2D eigenvalue weighted by atomic mass is 9.87. The Morgan fingerprint density at radius 2 is 2.06 bits per heavy atom. The van der Waals surface area contributed by atoms with Gasteiger partial charge in [0.1, 0.15) is 5.15 Å². The number of nitrogens with one attached hydrogen (secondary N) is 1. The van der Waals surface area contributed by atoms with Crippen LogP contribution < -0.4 is 11.2 Å². The molecule has 94 valence electrons. The first-order valence-corrected chi connectivity index (χ1v) is 6.39. The SMILES string of the molecule is Cc1c(Cl)[nH]c(=O)n(C2CCCC(C)C2)c1=O. The summed E-state index contributed by atoms with van der Waals surface area (Å²) in [5.74, 6) is 0.566. The van der Waals surface area contributed by atoms with Gasteiger partial charge in [-0.2, -0.15) is 0 Å². The molecule has 0 spiro atoms. The van der Waals surface area contributed by atoms with Gasteiger partial charge in [0.25, 0.3) is 5.56 Å². The van der Waals surface area contributed by atoms with Gasteiger partial charge >= 0.3 is 5.69 Å². The standard InChI is InChI=1S/C12H17ClN2O2/c1-7-4-3-5-9(6-7)15-11(16)8(2)10(13)14-12(15)17/h7,9H,3-6H2,1-2H3,(H,14,17). The molecular weight excluding hydrogens is 240 g/mol. The van der Waals surface area contributed by atoms with Crippen molar-refractivity contribution in [1.82, 2.24) is 9.55 Å². The van der Waals surface area contributed by atoms with Crippen LogP contribution in [-0.2, 0) is 0 Å². The minimum absolute atomic E-state index is 0.0194. The lowest BCUT2D eigenvalue weighted by Gasteiger charge is -2.27. The Hall–Kier alpha value is -1.03. The predicted octanol–water partition coefficient (Wildman–Crippen LogP) is 2.25. The second-order valence-electron chi connectivity index (χ2n) is 4.97. The molecule has 0 aliphatic heterocycles. The van der Waals surface area contributed by atoms with E-state index in [1.807, 2.05) is 0 Å². The molecule has 1 aliphatic rings. The third kappa shape index (κ3) is 2.32. The van der Waals surface area contributed by atoms with Gasteiger partial charge < -0.3 is 0 Å². The first-order valence-electron chi connectivity index (χ1n) is 6.01.